The molecule has 2 heterocycles. The number of carbonyl (C=O) groups is 2. The van der Waals surface area contributed by atoms with Gasteiger partial charge in [0.1, 0.15) is 6.04 Å². The van der Waals surface area contributed by atoms with Crippen molar-refractivity contribution >= 4 is 11.9 Å². The molecule has 0 N–H and O–H groups in total. The fourth-order valence-electron chi connectivity index (χ4n) is 2.20. The first kappa shape index (κ1) is 12.7. The van der Waals surface area contributed by atoms with Crippen molar-refractivity contribution in [3.63, 3.8) is 0 Å². The quantitative estimate of drug-likeness (QED) is 0.769. The number of piperidine rings is 1. The molecule has 0 radical (unpaired) electrons. The van der Waals surface area contributed by atoms with Gasteiger partial charge in [-0.05, 0) is 38.3 Å². The Morgan fingerprint density at radius 1 is 1.50 bits per heavy atom. The SMILES string of the molecule is CCOC(=O)C1CCCCN1C(=O)c1ccco1. The third-order valence-corrected chi connectivity index (χ3v) is 3.05. The lowest BCUT2D eigenvalue weighted by Crippen LogP contribution is -2.48. The molecule has 1 atom stereocenters. The van der Waals surface area contributed by atoms with Gasteiger partial charge in [-0.2, -0.15) is 0 Å². The Balaban J connectivity index is 2.12. The first-order valence-electron chi connectivity index (χ1n) is 6.25. The Morgan fingerprint density at radius 3 is 3.00 bits per heavy atom. The van der Waals surface area contributed by atoms with E-state index in [0.717, 1.165) is 12.8 Å². The molecule has 0 saturated carbocycles. The van der Waals surface area contributed by atoms with Gasteiger partial charge in [0.15, 0.2) is 5.76 Å². The average Bonchev–Trinajstić information content (AvgIpc) is 2.92. The molecule has 1 aliphatic heterocycles. The number of hydrogen-bond acceptors (Lipinski definition) is 4. The highest BCUT2D eigenvalue weighted by Gasteiger charge is 2.34. The molecule has 5 heteroatoms. The summed E-state index contributed by atoms with van der Waals surface area (Å²) in [5.41, 5.74) is 0. The van der Waals surface area contributed by atoms with Crippen LogP contribution in [0.4, 0.5) is 0 Å². The molecule has 1 aliphatic rings. The summed E-state index contributed by atoms with van der Waals surface area (Å²) in [6, 6.07) is 2.80. The van der Waals surface area contributed by atoms with E-state index in [1.165, 1.54) is 6.26 Å². The molecule has 5 nitrogen and oxygen atoms in total. The lowest BCUT2D eigenvalue weighted by molar-refractivity contribution is -0.149. The molecule has 18 heavy (non-hydrogen) atoms. The van der Waals surface area contributed by atoms with Crippen molar-refractivity contribution in [1.29, 1.82) is 0 Å². The molecule has 1 unspecified atom stereocenters. The second-order valence-corrected chi connectivity index (χ2v) is 4.24. The van der Waals surface area contributed by atoms with Gasteiger partial charge in [-0.3, -0.25) is 4.79 Å². The largest absolute Gasteiger partial charge is 0.464 e. The van der Waals surface area contributed by atoms with Crippen molar-refractivity contribution in [2.75, 3.05) is 13.2 Å². The van der Waals surface area contributed by atoms with Gasteiger partial charge in [-0.25, -0.2) is 4.79 Å². The minimum atomic E-state index is -0.476. The van der Waals surface area contributed by atoms with E-state index in [-0.39, 0.29) is 17.6 Å². The summed E-state index contributed by atoms with van der Waals surface area (Å²) in [5, 5.41) is 0. The maximum absolute atomic E-state index is 12.2. The van der Waals surface area contributed by atoms with Gasteiger partial charge in [-0.15, -0.1) is 0 Å². The zero-order valence-corrected chi connectivity index (χ0v) is 10.4. The summed E-state index contributed by atoms with van der Waals surface area (Å²) >= 11 is 0. The van der Waals surface area contributed by atoms with Gasteiger partial charge in [-0.1, -0.05) is 0 Å². The minimum absolute atomic E-state index is 0.238. The van der Waals surface area contributed by atoms with Crippen molar-refractivity contribution in [3.8, 4) is 0 Å². The van der Waals surface area contributed by atoms with Gasteiger partial charge < -0.3 is 14.1 Å². The molecule has 1 aromatic rings. The number of ether oxygens (including phenoxy) is 1. The van der Waals surface area contributed by atoms with E-state index in [1.54, 1.807) is 24.0 Å². The van der Waals surface area contributed by atoms with Crippen LogP contribution in [-0.2, 0) is 9.53 Å². The number of likely N-dealkylation sites (tertiary alicyclic amines) is 1. The third-order valence-electron chi connectivity index (χ3n) is 3.05. The summed E-state index contributed by atoms with van der Waals surface area (Å²) < 4.78 is 10.1. The topological polar surface area (TPSA) is 59.8 Å². The standard InChI is InChI=1S/C13H17NO4/c1-2-17-13(16)10-6-3-4-8-14(10)12(15)11-7-5-9-18-11/h5,7,9-10H,2-4,6,8H2,1H3. The second-order valence-electron chi connectivity index (χ2n) is 4.24. The van der Waals surface area contributed by atoms with Crippen LogP contribution in [0.3, 0.4) is 0 Å². The van der Waals surface area contributed by atoms with Gasteiger partial charge in [0.2, 0.25) is 0 Å². The van der Waals surface area contributed by atoms with E-state index < -0.39 is 6.04 Å². The smallest absolute Gasteiger partial charge is 0.328 e. The number of nitrogens with zero attached hydrogens (tertiary/aromatic N) is 1. The van der Waals surface area contributed by atoms with E-state index in [2.05, 4.69) is 0 Å². The molecule has 1 amide bonds. The minimum Gasteiger partial charge on any atom is -0.464 e. The first-order valence-corrected chi connectivity index (χ1v) is 6.25. The van der Waals surface area contributed by atoms with Gasteiger partial charge in [0.05, 0.1) is 12.9 Å². The summed E-state index contributed by atoms with van der Waals surface area (Å²) in [4.78, 5) is 25.6. The highest BCUT2D eigenvalue weighted by Crippen LogP contribution is 2.21. The molecular weight excluding hydrogens is 234 g/mol. The summed E-state index contributed by atoms with van der Waals surface area (Å²) in [6.07, 6.45) is 3.95. The number of amides is 1. The fraction of sp³-hybridized carbons (Fsp3) is 0.538. The van der Waals surface area contributed by atoms with Crippen molar-refractivity contribution < 1.29 is 18.7 Å². The van der Waals surface area contributed by atoms with E-state index in [9.17, 15) is 9.59 Å². The summed E-state index contributed by atoms with van der Waals surface area (Å²) in [6.45, 7) is 2.67. The van der Waals surface area contributed by atoms with Crippen LogP contribution in [0.15, 0.2) is 22.8 Å². The lowest BCUT2D eigenvalue weighted by Gasteiger charge is -2.33. The van der Waals surface area contributed by atoms with Crippen LogP contribution in [0.25, 0.3) is 0 Å². The Bertz CT molecular complexity index is 413. The normalized spacial score (nSPS) is 19.6. The Kier molecular flexibility index (Phi) is 4.02. The fourth-order valence-corrected chi connectivity index (χ4v) is 2.20. The Labute approximate surface area is 106 Å². The molecule has 98 valence electrons. The predicted molar refractivity (Wildman–Crippen MR) is 64.0 cm³/mol. The highest BCUT2D eigenvalue weighted by atomic mass is 16.5. The summed E-state index contributed by atoms with van der Waals surface area (Å²) in [5.74, 6) is -0.291. The van der Waals surface area contributed by atoms with Gasteiger partial charge in [0.25, 0.3) is 5.91 Å². The van der Waals surface area contributed by atoms with E-state index in [0.29, 0.717) is 19.6 Å². The number of carbonyl (C=O) groups excluding carboxylic acids is 2. The maximum atomic E-state index is 12.2. The average molecular weight is 251 g/mol. The third kappa shape index (κ3) is 2.55. The van der Waals surface area contributed by atoms with Gasteiger partial charge in [0, 0.05) is 6.54 Å². The van der Waals surface area contributed by atoms with Crippen LogP contribution in [0.5, 0.6) is 0 Å². The molecule has 0 aliphatic carbocycles. The Hall–Kier alpha value is -1.78. The van der Waals surface area contributed by atoms with Crippen LogP contribution in [0.2, 0.25) is 0 Å². The van der Waals surface area contributed by atoms with Gasteiger partial charge >= 0.3 is 5.97 Å². The molecule has 2 rings (SSSR count). The maximum Gasteiger partial charge on any atom is 0.328 e. The van der Waals surface area contributed by atoms with E-state index in [1.807, 2.05) is 0 Å². The highest BCUT2D eigenvalue weighted by molar-refractivity contribution is 5.94. The molecule has 0 bridgehead atoms. The van der Waals surface area contributed by atoms with Crippen LogP contribution in [0, 0.1) is 0 Å². The first-order chi connectivity index (χ1) is 8.74. The van der Waals surface area contributed by atoms with Crippen molar-refractivity contribution in [1.82, 2.24) is 4.90 Å². The molecule has 1 aromatic heterocycles. The van der Waals surface area contributed by atoms with E-state index in [4.69, 9.17) is 9.15 Å². The number of hydrogen-bond donors (Lipinski definition) is 0. The molecule has 0 spiro atoms. The number of esters is 1. The van der Waals surface area contributed by atoms with Crippen LogP contribution in [-0.4, -0.2) is 36.0 Å². The van der Waals surface area contributed by atoms with Crippen LogP contribution < -0.4 is 0 Å². The van der Waals surface area contributed by atoms with Crippen LogP contribution in [0.1, 0.15) is 36.7 Å². The zero-order valence-electron chi connectivity index (χ0n) is 10.4. The zero-order chi connectivity index (χ0) is 13.0. The van der Waals surface area contributed by atoms with E-state index >= 15 is 0 Å². The molecular formula is C13H17NO4. The lowest BCUT2D eigenvalue weighted by atomic mass is 10.0. The molecule has 1 fully saturated rings. The monoisotopic (exact) mass is 251 g/mol. The van der Waals surface area contributed by atoms with Crippen molar-refractivity contribution in [2.45, 2.75) is 32.2 Å². The Morgan fingerprint density at radius 2 is 2.33 bits per heavy atom. The second kappa shape index (κ2) is 5.71. The predicted octanol–water partition coefficient (Wildman–Crippen LogP) is 1.84. The van der Waals surface area contributed by atoms with Crippen molar-refractivity contribution in [3.05, 3.63) is 24.2 Å². The number of furan rings is 1. The van der Waals surface area contributed by atoms with Crippen LogP contribution >= 0.6 is 0 Å². The molecule has 1 saturated heterocycles. The number of rotatable bonds is 3. The molecule has 0 aromatic carbocycles. The van der Waals surface area contributed by atoms with Crippen molar-refractivity contribution in [2.24, 2.45) is 0 Å². The summed E-state index contributed by atoms with van der Waals surface area (Å²) in [7, 11) is 0.